The van der Waals surface area contributed by atoms with Gasteiger partial charge in [0.25, 0.3) is 0 Å². The van der Waals surface area contributed by atoms with Gasteiger partial charge in [0.2, 0.25) is 0 Å². The second kappa shape index (κ2) is 9.34. The third-order valence-corrected chi connectivity index (χ3v) is 4.84. The highest BCUT2D eigenvalue weighted by atomic mass is 35.5. The number of esters is 1. The Bertz CT molecular complexity index is 456. The SMILES string of the molecule is CCNC(C)(CCCSCc1ccccc1Cl)C(=O)OC. The maximum atomic E-state index is 11.8. The molecule has 1 atom stereocenters. The maximum absolute atomic E-state index is 11.8. The molecule has 1 N–H and O–H groups in total. The Morgan fingerprint density at radius 1 is 1.43 bits per heavy atom. The summed E-state index contributed by atoms with van der Waals surface area (Å²) in [7, 11) is 1.43. The van der Waals surface area contributed by atoms with Crippen LogP contribution in [-0.4, -0.2) is 30.9 Å². The van der Waals surface area contributed by atoms with Crippen molar-refractivity contribution in [1.82, 2.24) is 5.32 Å². The Hall–Kier alpha value is -0.710. The first kappa shape index (κ1) is 18.3. The van der Waals surface area contributed by atoms with E-state index in [4.69, 9.17) is 16.3 Å². The Kier molecular flexibility index (Phi) is 8.15. The fraction of sp³-hybridized carbons (Fsp3) is 0.562. The summed E-state index contributed by atoms with van der Waals surface area (Å²) in [6, 6.07) is 7.90. The van der Waals surface area contributed by atoms with Crippen LogP contribution in [0.25, 0.3) is 0 Å². The van der Waals surface area contributed by atoms with Gasteiger partial charge in [-0.3, -0.25) is 4.79 Å². The molecule has 1 aromatic rings. The molecule has 0 aliphatic heterocycles. The van der Waals surface area contributed by atoms with E-state index in [9.17, 15) is 4.79 Å². The monoisotopic (exact) mass is 329 g/mol. The molecule has 0 amide bonds. The van der Waals surface area contributed by atoms with Gasteiger partial charge in [-0.25, -0.2) is 0 Å². The summed E-state index contributed by atoms with van der Waals surface area (Å²) in [5, 5.41) is 4.04. The Morgan fingerprint density at radius 3 is 2.76 bits per heavy atom. The number of benzene rings is 1. The van der Waals surface area contributed by atoms with Gasteiger partial charge in [-0.2, -0.15) is 11.8 Å². The second-order valence-electron chi connectivity index (χ2n) is 5.10. The highest BCUT2D eigenvalue weighted by Gasteiger charge is 2.32. The van der Waals surface area contributed by atoms with E-state index in [-0.39, 0.29) is 5.97 Å². The maximum Gasteiger partial charge on any atom is 0.325 e. The fourth-order valence-corrected chi connectivity index (χ4v) is 3.45. The lowest BCUT2D eigenvalue weighted by atomic mass is 9.96. The molecule has 0 spiro atoms. The van der Waals surface area contributed by atoms with Gasteiger partial charge in [0.1, 0.15) is 5.54 Å². The second-order valence-corrected chi connectivity index (χ2v) is 6.61. The summed E-state index contributed by atoms with van der Waals surface area (Å²) in [5.74, 6) is 1.69. The molecule has 118 valence electrons. The minimum atomic E-state index is -0.589. The summed E-state index contributed by atoms with van der Waals surface area (Å²) >= 11 is 7.96. The zero-order valence-corrected chi connectivity index (χ0v) is 14.5. The van der Waals surface area contributed by atoms with E-state index in [1.807, 2.05) is 49.9 Å². The first-order chi connectivity index (χ1) is 10.0. The van der Waals surface area contributed by atoms with Crippen molar-refractivity contribution in [3.63, 3.8) is 0 Å². The molecule has 0 heterocycles. The number of carbonyl (C=O) groups excluding carboxylic acids is 1. The van der Waals surface area contributed by atoms with E-state index < -0.39 is 5.54 Å². The topological polar surface area (TPSA) is 38.3 Å². The Balaban J connectivity index is 2.35. The van der Waals surface area contributed by atoms with E-state index in [0.29, 0.717) is 0 Å². The van der Waals surface area contributed by atoms with Gasteiger partial charge in [-0.05, 0) is 43.7 Å². The molecule has 5 heteroatoms. The predicted molar refractivity (Wildman–Crippen MR) is 90.9 cm³/mol. The van der Waals surface area contributed by atoms with Crippen molar-refractivity contribution in [2.24, 2.45) is 0 Å². The van der Waals surface area contributed by atoms with Crippen LogP contribution >= 0.6 is 23.4 Å². The van der Waals surface area contributed by atoms with Crippen LogP contribution in [0.4, 0.5) is 0 Å². The minimum Gasteiger partial charge on any atom is -0.468 e. The minimum absolute atomic E-state index is 0.194. The van der Waals surface area contributed by atoms with Gasteiger partial charge in [0.15, 0.2) is 0 Å². The molecule has 3 nitrogen and oxygen atoms in total. The molecular weight excluding hydrogens is 306 g/mol. The molecule has 1 aromatic carbocycles. The smallest absolute Gasteiger partial charge is 0.325 e. The highest BCUT2D eigenvalue weighted by Crippen LogP contribution is 2.23. The number of halogens is 1. The number of thioether (sulfide) groups is 1. The molecule has 1 unspecified atom stereocenters. The molecule has 0 bridgehead atoms. The molecule has 0 fully saturated rings. The van der Waals surface area contributed by atoms with Crippen molar-refractivity contribution in [1.29, 1.82) is 0 Å². The van der Waals surface area contributed by atoms with Gasteiger partial charge in [0, 0.05) is 10.8 Å². The van der Waals surface area contributed by atoms with Gasteiger partial charge in [-0.15, -0.1) is 0 Å². The Morgan fingerprint density at radius 2 is 2.14 bits per heavy atom. The zero-order chi connectivity index (χ0) is 15.7. The summed E-state index contributed by atoms with van der Waals surface area (Å²) < 4.78 is 4.88. The van der Waals surface area contributed by atoms with Crippen molar-refractivity contribution >= 4 is 29.3 Å². The molecule has 21 heavy (non-hydrogen) atoms. The molecule has 0 radical (unpaired) electrons. The molecule has 0 saturated heterocycles. The van der Waals surface area contributed by atoms with Crippen LogP contribution in [0.5, 0.6) is 0 Å². The van der Waals surface area contributed by atoms with E-state index in [1.54, 1.807) is 0 Å². The number of hydrogen-bond donors (Lipinski definition) is 1. The number of hydrogen-bond acceptors (Lipinski definition) is 4. The number of ether oxygens (including phenoxy) is 1. The number of carbonyl (C=O) groups is 1. The Labute approximate surface area is 136 Å². The number of likely N-dealkylation sites (N-methyl/N-ethyl adjacent to an activating group) is 1. The summed E-state index contributed by atoms with van der Waals surface area (Å²) in [5.41, 5.74) is 0.570. The van der Waals surface area contributed by atoms with Crippen LogP contribution in [0.3, 0.4) is 0 Å². The van der Waals surface area contributed by atoms with E-state index >= 15 is 0 Å². The van der Waals surface area contributed by atoms with Crippen LogP contribution in [0.2, 0.25) is 5.02 Å². The van der Waals surface area contributed by atoms with Gasteiger partial charge >= 0.3 is 5.97 Å². The fourth-order valence-electron chi connectivity index (χ4n) is 2.20. The van der Waals surface area contributed by atoms with Crippen molar-refractivity contribution in [3.8, 4) is 0 Å². The number of methoxy groups -OCH3 is 1. The summed E-state index contributed by atoms with van der Waals surface area (Å²) in [4.78, 5) is 11.8. The molecule has 1 rings (SSSR count). The van der Waals surface area contributed by atoms with Crippen LogP contribution in [0.1, 0.15) is 32.3 Å². The lowest BCUT2D eigenvalue weighted by Gasteiger charge is -2.27. The van der Waals surface area contributed by atoms with E-state index in [1.165, 1.54) is 7.11 Å². The summed E-state index contributed by atoms with van der Waals surface area (Å²) in [6.45, 7) is 4.65. The average molecular weight is 330 g/mol. The van der Waals surface area contributed by atoms with Gasteiger partial charge in [-0.1, -0.05) is 36.7 Å². The van der Waals surface area contributed by atoms with Crippen molar-refractivity contribution in [2.45, 2.75) is 38.0 Å². The number of rotatable bonds is 9. The molecule has 0 aliphatic carbocycles. The van der Waals surface area contributed by atoms with Crippen LogP contribution < -0.4 is 5.32 Å². The average Bonchev–Trinajstić information content (AvgIpc) is 2.48. The van der Waals surface area contributed by atoms with E-state index in [0.717, 1.165) is 41.5 Å². The summed E-state index contributed by atoms with van der Waals surface area (Å²) in [6.07, 6.45) is 1.72. The van der Waals surface area contributed by atoms with E-state index in [2.05, 4.69) is 5.32 Å². The molecular formula is C16H24ClNO2S. The first-order valence-electron chi connectivity index (χ1n) is 7.18. The lowest BCUT2D eigenvalue weighted by Crippen LogP contribution is -2.50. The lowest BCUT2D eigenvalue weighted by molar-refractivity contribution is -0.148. The van der Waals surface area contributed by atoms with Crippen molar-refractivity contribution in [2.75, 3.05) is 19.4 Å². The molecule has 0 aliphatic rings. The zero-order valence-electron chi connectivity index (χ0n) is 12.9. The van der Waals surface area contributed by atoms with Crippen molar-refractivity contribution < 1.29 is 9.53 Å². The molecule has 0 saturated carbocycles. The quantitative estimate of drug-likeness (QED) is 0.551. The van der Waals surface area contributed by atoms with Crippen LogP contribution in [0.15, 0.2) is 24.3 Å². The van der Waals surface area contributed by atoms with Crippen LogP contribution in [0, 0.1) is 0 Å². The standard InChI is InChI=1S/C16H24ClNO2S/c1-4-18-16(2,15(19)20-3)10-7-11-21-12-13-8-5-6-9-14(13)17/h5-6,8-9,18H,4,7,10-12H2,1-3H3. The van der Waals surface area contributed by atoms with Crippen molar-refractivity contribution in [3.05, 3.63) is 34.9 Å². The largest absolute Gasteiger partial charge is 0.468 e. The van der Waals surface area contributed by atoms with Crippen LogP contribution in [-0.2, 0) is 15.3 Å². The predicted octanol–water partition coefficient (Wildman–Crippen LogP) is 3.89. The van der Waals surface area contributed by atoms with Gasteiger partial charge in [0.05, 0.1) is 7.11 Å². The third-order valence-electron chi connectivity index (χ3n) is 3.38. The normalized spacial score (nSPS) is 13.7. The third kappa shape index (κ3) is 5.89. The first-order valence-corrected chi connectivity index (χ1v) is 8.71. The molecule has 0 aromatic heterocycles. The number of nitrogens with one attached hydrogen (secondary N) is 1. The highest BCUT2D eigenvalue weighted by molar-refractivity contribution is 7.98. The van der Waals surface area contributed by atoms with Gasteiger partial charge < -0.3 is 10.1 Å².